The average Bonchev–Trinajstić information content (AvgIpc) is 1.87. The molecule has 0 aromatic rings. The molecule has 0 aromatic carbocycles. The first-order valence-electron chi connectivity index (χ1n) is 3.27. The maximum atomic E-state index is 9.02. The molecule has 0 saturated carbocycles. The molecular formula is C8H14O3. The molecular weight excluding hydrogens is 144 g/mol. The third-order valence-corrected chi connectivity index (χ3v) is 1.10. The molecule has 0 rings (SSSR count). The monoisotopic (exact) mass is 158 g/mol. The van der Waals surface area contributed by atoms with Gasteiger partial charge in [0.1, 0.15) is 0 Å². The Bertz CT molecular complexity index is 145. The zero-order chi connectivity index (χ0) is 9.02. The fraction of sp³-hybridized carbons (Fsp3) is 0.500. The Labute approximate surface area is 66.6 Å². The highest BCUT2D eigenvalue weighted by atomic mass is 16.7. The first-order valence-corrected chi connectivity index (χ1v) is 3.27. The van der Waals surface area contributed by atoms with E-state index >= 15 is 0 Å². The van der Waals surface area contributed by atoms with Crippen LogP contribution < -0.4 is 0 Å². The lowest BCUT2D eigenvalue weighted by molar-refractivity contribution is -0.173. The summed E-state index contributed by atoms with van der Waals surface area (Å²) in [4.78, 5) is 0. The summed E-state index contributed by atoms with van der Waals surface area (Å²) in [5.74, 6) is 0. The smallest absolute Gasteiger partial charge is 0.180 e. The molecule has 0 radical (unpaired) electrons. The predicted molar refractivity (Wildman–Crippen MR) is 42.7 cm³/mol. The van der Waals surface area contributed by atoms with E-state index in [2.05, 4.69) is 17.9 Å². The summed E-state index contributed by atoms with van der Waals surface area (Å²) < 4.78 is 4.69. The van der Waals surface area contributed by atoms with E-state index < -0.39 is 12.6 Å². The van der Waals surface area contributed by atoms with Gasteiger partial charge in [0.15, 0.2) is 12.6 Å². The Balaban J connectivity index is 3.84. The van der Waals surface area contributed by atoms with E-state index in [4.69, 9.17) is 10.2 Å². The molecule has 3 nitrogen and oxygen atoms in total. The van der Waals surface area contributed by atoms with Crippen LogP contribution in [0.25, 0.3) is 0 Å². The van der Waals surface area contributed by atoms with Crippen molar-refractivity contribution in [1.82, 2.24) is 0 Å². The lowest BCUT2D eigenvalue weighted by Crippen LogP contribution is -2.22. The highest BCUT2D eigenvalue weighted by Gasteiger charge is 2.11. The van der Waals surface area contributed by atoms with Crippen molar-refractivity contribution in [3.8, 4) is 0 Å². The van der Waals surface area contributed by atoms with Gasteiger partial charge in [-0.2, -0.15) is 0 Å². The van der Waals surface area contributed by atoms with E-state index in [9.17, 15) is 0 Å². The van der Waals surface area contributed by atoms with Gasteiger partial charge in [-0.15, -0.1) is 0 Å². The van der Waals surface area contributed by atoms with Crippen LogP contribution in [0.4, 0.5) is 0 Å². The van der Waals surface area contributed by atoms with Gasteiger partial charge < -0.3 is 14.9 Å². The summed E-state index contributed by atoms with van der Waals surface area (Å²) in [5, 5.41) is 18.0. The predicted octanol–water partition coefficient (Wildman–Crippen LogP) is 0.792. The molecule has 11 heavy (non-hydrogen) atoms. The standard InChI is InChI=1S/C8H14O3/c1-5(2)7(9)11-8(10)6(3)4/h7-10H,1,3H2,2,4H3. The van der Waals surface area contributed by atoms with Gasteiger partial charge in [-0.25, -0.2) is 0 Å². The van der Waals surface area contributed by atoms with Crippen LogP contribution in [0.15, 0.2) is 24.3 Å². The topological polar surface area (TPSA) is 49.7 Å². The Hall–Kier alpha value is -0.640. The molecule has 64 valence electrons. The number of ether oxygens (including phenoxy) is 1. The largest absolute Gasteiger partial charge is 0.364 e. The van der Waals surface area contributed by atoms with Gasteiger partial charge in [0.25, 0.3) is 0 Å². The molecule has 0 aliphatic rings. The minimum atomic E-state index is -1.12. The van der Waals surface area contributed by atoms with Crippen molar-refractivity contribution in [3.63, 3.8) is 0 Å². The Kier molecular flexibility index (Phi) is 4.03. The second-order valence-electron chi connectivity index (χ2n) is 2.53. The van der Waals surface area contributed by atoms with E-state index in [0.29, 0.717) is 11.1 Å². The number of aliphatic hydroxyl groups excluding tert-OH is 2. The second kappa shape index (κ2) is 4.28. The zero-order valence-corrected chi connectivity index (χ0v) is 6.87. The highest BCUT2D eigenvalue weighted by molar-refractivity contribution is 4.96. The second-order valence-corrected chi connectivity index (χ2v) is 2.53. The minimum absolute atomic E-state index is 0.449. The first kappa shape index (κ1) is 10.4. The van der Waals surface area contributed by atoms with Crippen molar-refractivity contribution in [1.29, 1.82) is 0 Å². The Morgan fingerprint density at radius 1 is 1.09 bits per heavy atom. The average molecular weight is 158 g/mol. The number of hydrogen-bond acceptors (Lipinski definition) is 3. The molecule has 2 unspecified atom stereocenters. The van der Waals surface area contributed by atoms with Crippen LogP contribution in [0.3, 0.4) is 0 Å². The van der Waals surface area contributed by atoms with E-state index in [0.717, 1.165) is 0 Å². The van der Waals surface area contributed by atoms with E-state index in [1.807, 2.05) is 0 Å². The third kappa shape index (κ3) is 3.93. The quantitative estimate of drug-likeness (QED) is 0.470. The summed E-state index contributed by atoms with van der Waals surface area (Å²) in [6, 6.07) is 0. The summed E-state index contributed by atoms with van der Waals surface area (Å²) in [5.41, 5.74) is 0.899. The van der Waals surface area contributed by atoms with Crippen LogP contribution in [-0.2, 0) is 4.74 Å². The van der Waals surface area contributed by atoms with Gasteiger partial charge in [0, 0.05) is 0 Å². The fourth-order valence-corrected chi connectivity index (χ4v) is 0.354. The molecule has 0 bridgehead atoms. The van der Waals surface area contributed by atoms with Crippen molar-refractivity contribution < 1.29 is 14.9 Å². The Morgan fingerprint density at radius 2 is 1.36 bits per heavy atom. The summed E-state index contributed by atoms with van der Waals surface area (Å²) in [7, 11) is 0. The number of aliphatic hydroxyl groups is 2. The van der Waals surface area contributed by atoms with E-state index in [1.165, 1.54) is 0 Å². The summed E-state index contributed by atoms with van der Waals surface area (Å²) >= 11 is 0. The van der Waals surface area contributed by atoms with Crippen LogP contribution in [-0.4, -0.2) is 22.8 Å². The maximum absolute atomic E-state index is 9.02. The van der Waals surface area contributed by atoms with Crippen molar-refractivity contribution in [3.05, 3.63) is 24.3 Å². The van der Waals surface area contributed by atoms with Crippen molar-refractivity contribution in [2.75, 3.05) is 0 Å². The van der Waals surface area contributed by atoms with Gasteiger partial charge in [-0.05, 0) is 25.0 Å². The fourth-order valence-electron chi connectivity index (χ4n) is 0.354. The van der Waals surface area contributed by atoms with Crippen LogP contribution >= 0.6 is 0 Å². The van der Waals surface area contributed by atoms with Gasteiger partial charge in [-0.1, -0.05) is 13.2 Å². The van der Waals surface area contributed by atoms with Gasteiger partial charge in [-0.3, -0.25) is 0 Å². The minimum Gasteiger partial charge on any atom is -0.364 e. The molecule has 0 saturated heterocycles. The van der Waals surface area contributed by atoms with Crippen molar-refractivity contribution in [2.24, 2.45) is 0 Å². The molecule has 0 fully saturated rings. The van der Waals surface area contributed by atoms with Gasteiger partial charge in [0.05, 0.1) is 0 Å². The SMILES string of the molecule is C=C(C)C(O)OC(O)C(=C)C. The number of rotatable bonds is 4. The number of hydrogen-bond donors (Lipinski definition) is 2. The third-order valence-electron chi connectivity index (χ3n) is 1.10. The Morgan fingerprint density at radius 3 is 1.55 bits per heavy atom. The molecule has 2 N–H and O–H groups in total. The summed E-state index contributed by atoms with van der Waals surface area (Å²) in [6.07, 6.45) is -2.25. The van der Waals surface area contributed by atoms with Crippen molar-refractivity contribution in [2.45, 2.75) is 26.4 Å². The van der Waals surface area contributed by atoms with Crippen LogP contribution in [0.5, 0.6) is 0 Å². The molecule has 3 heteroatoms. The lowest BCUT2D eigenvalue weighted by atomic mass is 10.3. The first-order chi connectivity index (χ1) is 4.95. The van der Waals surface area contributed by atoms with Gasteiger partial charge >= 0.3 is 0 Å². The highest BCUT2D eigenvalue weighted by Crippen LogP contribution is 2.06. The molecule has 0 amide bonds. The zero-order valence-electron chi connectivity index (χ0n) is 6.87. The van der Waals surface area contributed by atoms with Crippen LogP contribution in [0.1, 0.15) is 13.8 Å². The molecule has 0 heterocycles. The van der Waals surface area contributed by atoms with Crippen LogP contribution in [0, 0.1) is 0 Å². The van der Waals surface area contributed by atoms with Crippen molar-refractivity contribution >= 4 is 0 Å². The van der Waals surface area contributed by atoms with E-state index in [-0.39, 0.29) is 0 Å². The normalized spacial score (nSPS) is 15.6. The molecule has 0 spiro atoms. The van der Waals surface area contributed by atoms with E-state index in [1.54, 1.807) is 13.8 Å². The molecule has 0 aromatic heterocycles. The molecule has 0 aliphatic carbocycles. The molecule has 2 atom stereocenters. The molecule has 0 aliphatic heterocycles. The van der Waals surface area contributed by atoms with Crippen LogP contribution in [0.2, 0.25) is 0 Å². The lowest BCUT2D eigenvalue weighted by Gasteiger charge is -2.16. The van der Waals surface area contributed by atoms with Gasteiger partial charge in [0.2, 0.25) is 0 Å². The summed E-state index contributed by atoms with van der Waals surface area (Å²) in [6.45, 7) is 10.1. The maximum Gasteiger partial charge on any atom is 0.180 e.